The fourth-order valence-electron chi connectivity index (χ4n) is 2.56. The molecule has 0 saturated carbocycles. The maximum atomic E-state index is 12.2. The second-order valence-corrected chi connectivity index (χ2v) is 9.62. The van der Waals surface area contributed by atoms with Gasteiger partial charge in [-0.15, -0.1) is 0 Å². The summed E-state index contributed by atoms with van der Waals surface area (Å²) in [4.78, 5) is 23.2. The van der Waals surface area contributed by atoms with Crippen molar-refractivity contribution in [3.05, 3.63) is 29.3 Å². The Morgan fingerprint density at radius 3 is 2.18 bits per heavy atom. The summed E-state index contributed by atoms with van der Waals surface area (Å²) >= 11 is 0. The molecule has 0 heterocycles. The van der Waals surface area contributed by atoms with Gasteiger partial charge in [0.05, 0.1) is 19.3 Å². The number of ether oxygens (including phenoxy) is 3. The van der Waals surface area contributed by atoms with Gasteiger partial charge in [-0.3, -0.25) is 4.79 Å². The first kappa shape index (κ1) is 24.0. The molecule has 0 aliphatic rings. The number of hydrogen-bond donors (Lipinski definition) is 1. The van der Waals surface area contributed by atoms with E-state index >= 15 is 0 Å². The smallest absolute Gasteiger partial charge is 0.341 e. The minimum atomic E-state index is -0.558. The van der Waals surface area contributed by atoms with Gasteiger partial charge in [-0.25, -0.2) is 4.79 Å². The van der Waals surface area contributed by atoms with E-state index in [1.54, 1.807) is 6.07 Å². The van der Waals surface area contributed by atoms with Crippen molar-refractivity contribution >= 4 is 12.4 Å². The van der Waals surface area contributed by atoms with Crippen LogP contribution in [0.2, 0.25) is 0 Å². The Morgan fingerprint density at radius 2 is 1.71 bits per heavy atom. The van der Waals surface area contributed by atoms with Crippen molar-refractivity contribution < 1.29 is 23.8 Å². The third-order valence-corrected chi connectivity index (χ3v) is 4.25. The number of amides is 1. The van der Waals surface area contributed by atoms with Gasteiger partial charge in [0.2, 0.25) is 6.41 Å². The second kappa shape index (κ2) is 8.95. The van der Waals surface area contributed by atoms with E-state index in [0.29, 0.717) is 17.7 Å². The maximum Gasteiger partial charge on any atom is 0.341 e. The zero-order valence-corrected chi connectivity index (χ0v) is 18.6. The van der Waals surface area contributed by atoms with Crippen molar-refractivity contribution in [2.24, 2.45) is 5.41 Å². The third-order valence-electron chi connectivity index (χ3n) is 4.25. The van der Waals surface area contributed by atoms with Crippen molar-refractivity contribution in [2.75, 3.05) is 13.7 Å². The van der Waals surface area contributed by atoms with Crippen LogP contribution in [0, 0.1) is 5.41 Å². The van der Waals surface area contributed by atoms with Gasteiger partial charge in [-0.2, -0.15) is 0 Å². The van der Waals surface area contributed by atoms with Crippen molar-refractivity contribution in [3.63, 3.8) is 0 Å². The molecule has 1 aromatic rings. The molecule has 0 aliphatic heterocycles. The fraction of sp³-hybridized carbons (Fsp3) is 0.636. The van der Waals surface area contributed by atoms with Crippen LogP contribution in [0.25, 0.3) is 0 Å². The van der Waals surface area contributed by atoms with Crippen LogP contribution >= 0.6 is 0 Å². The molecule has 6 nitrogen and oxygen atoms in total. The number of rotatable bonds is 8. The molecule has 0 aromatic heterocycles. The summed E-state index contributed by atoms with van der Waals surface area (Å²) in [5, 5.41) is 2.73. The van der Waals surface area contributed by atoms with Crippen molar-refractivity contribution in [3.8, 4) is 5.75 Å². The van der Waals surface area contributed by atoms with Gasteiger partial charge in [-0.1, -0.05) is 40.7 Å². The molecule has 1 rings (SSSR count). The van der Waals surface area contributed by atoms with Gasteiger partial charge < -0.3 is 19.5 Å². The molecule has 1 amide bonds. The number of benzene rings is 1. The predicted molar refractivity (Wildman–Crippen MR) is 110 cm³/mol. The van der Waals surface area contributed by atoms with E-state index in [1.807, 2.05) is 46.8 Å². The van der Waals surface area contributed by atoms with E-state index < -0.39 is 23.2 Å². The second-order valence-electron chi connectivity index (χ2n) is 9.62. The van der Waals surface area contributed by atoms with Gasteiger partial charge in [0.15, 0.2) is 0 Å². The average Bonchev–Trinajstić information content (AvgIpc) is 2.56. The summed E-state index contributed by atoms with van der Waals surface area (Å²) in [6, 6.07) is 5.50. The molecule has 6 heteroatoms. The van der Waals surface area contributed by atoms with E-state index in [-0.39, 0.29) is 12.0 Å². The highest BCUT2D eigenvalue weighted by atomic mass is 16.5. The van der Waals surface area contributed by atoms with Crippen molar-refractivity contribution in [2.45, 2.75) is 72.6 Å². The van der Waals surface area contributed by atoms with Crippen LogP contribution in [0.4, 0.5) is 0 Å². The largest absolute Gasteiger partial charge is 0.492 e. The number of esters is 1. The minimum Gasteiger partial charge on any atom is -0.492 e. The Bertz CT molecular complexity index is 683. The van der Waals surface area contributed by atoms with E-state index in [1.165, 1.54) is 7.11 Å². The average molecular weight is 394 g/mol. The molecular weight excluding hydrogens is 358 g/mol. The zero-order valence-electron chi connectivity index (χ0n) is 18.6. The molecule has 0 bridgehead atoms. The molecule has 158 valence electrons. The summed E-state index contributed by atoms with van der Waals surface area (Å²) in [6.07, 6.45) is 0.0653. The van der Waals surface area contributed by atoms with Gasteiger partial charge >= 0.3 is 5.97 Å². The first-order valence-electron chi connectivity index (χ1n) is 9.44. The quantitative estimate of drug-likeness (QED) is 0.409. The van der Waals surface area contributed by atoms with Crippen LogP contribution in [0.3, 0.4) is 0 Å². The lowest BCUT2D eigenvalue weighted by Crippen LogP contribution is -2.49. The number of carbonyl (C=O) groups is 2. The van der Waals surface area contributed by atoms with Crippen LogP contribution < -0.4 is 10.1 Å². The molecule has 0 spiro atoms. The minimum absolute atomic E-state index is 0.0980. The molecule has 0 fully saturated rings. The molecule has 1 atom stereocenters. The molecule has 1 unspecified atom stereocenters. The number of nitrogens with one attached hydrogen (secondary N) is 1. The molecule has 1 N–H and O–H groups in total. The molecule has 1 aromatic carbocycles. The molecular formula is C22H35NO5. The Labute approximate surface area is 168 Å². The van der Waals surface area contributed by atoms with Crippen LogP contribution in [0.1, 0.15) is 71.3 Å². The lowest BCUT2D eigenvalue weighted by Gasteiger charge is -2.37. The first-order chi connectivity index (χ1) is 12.7. The SMILES string of the molecule is COC(=O)c1ccc(C(C)(C)C)cc1OCC(C)(C)C(NC=O)OC(C)(C)C. The maximum absolute atomic E-state index is 12.2. The molecule has 0 radical (unpaired) electrons. The Kier molecular flexibility index (Phi) is 7.66. The molecule has 0 aliphatic carbocycles. The number of carbonyl (C=O) groups excluding carboxylic acids is 2. The highest BCUT2D eigenvalue weighted by molar-refractivity contribution is 5.92. The van der Waals surface area contributed by atoms with E-state index in [9.17, 15) is 9.59 Å². The number of hydrogen-bond acceptors (Lipinski definition) is 5. The summed E-state index contributed by atoms with van der Waals surface area (Å²) in [5.41, 5.74) is 0.309. The fourth-order valence-corrected chi connectivity index (χ4v) is 2.56. The highest BCUT2D eigenvalue weighted by Crippen LogP contribution is 2.32. The Balaban J connectivity index is 3.16. The molecule has 0 saturated heterocycles. The summed E-state index contributed by atoms with van der Waals surface area (Å²) in [7, 11) is 1.34. The molecule has 28 heavy (non-hydrogen) atoms. The van der Waals surface area contributed by atoms with Gasteiger partial charge in [-0.05, 0) is 43.9 Å². The van der Waals surface area contributed by atoms with Crippen LogP contribution in [-0.2, 0) is 19.7 Å². The van der Waals surface area contributed by atoms with Gasteiger partial charge in [0.25, 0.3) is 0 Å². The van der Waals surface area contributed by atoms with E-state index in [0.717, 1.165) is 5.56 Å². The highest BCUT2D eigenvalue weighted by Gasteiger charge is 2.35. The van der Waals surface area contributed by atoms with Crippen LogP contribution in [0.15, 0.2) is 18.2 Å². The summed E-state index contributed by atoms with van der Waals surface area (Å²) in [5.74, 6) is -0.00487. The van der Waals surface area contributed by atoms with Crippen LogP contribution in [0.5, 0.6) is 5.75 Å². The first-order valence-corrected chi connectivity index (χ1v) is 9.44. The normalized spacial score (nSPS) is 13.6. The summed E-state index contributed by atoms with van der Waals surface area (Å²) in [6.45, 7) is 16.1. The van der Waals surface area contributed by atoms with E-state index in [2.05, 4.69) is 26.1 Å². The summed E-state index contributed by atoms with van der Waals surface area (Å²) < 4.78 is 16.9. The Morgan fingerprint density at radius 1 is 1.11 bits per heavy atom. The number of methoxy groups -OCH3 is 1. The standard InChI is InChI=1S/C22H35NO5/c1-20(2,3)15-10-11-16(18(25)26-9)17(12-15)27-13-22(7,8)19(23-14-24)28-21(4,5)6/h10-12,14,19H,13H2,1-9H3,(H,23,24). The lowest BCUT2D eigenvalue weighted by molar-refractivity contribution is -0.142. The zero-order chi connectivity index (χ0) is 21.8. The Hall–Kier alpha value is -2.08. The van der Waals surface area contributed by atoms with Crippen LogP contribution in [-0.4, -0.2) is 37.9 Å². The lowest BCUT2D eigenvalue weighted by atomic mass is 9.86. The van der Waals surface area contributed by atoms with Crippen molar-refractivity contribution in [1.82, 2.24) is 5.32 Å². The van der Waals surface area contributed by atoms with Gasteiger partial charge in [0, 0.05) is 5.41 Å². The topological polar surface area (TPSA) is 73.9 Å². The van der Waals surface area contributed by atoms with E-state index in [4.69, 9.17) is 14.2 Å². The monoisotopic (exact) mass is 393 g/mol. The predicted octanol–water partition coefficient (Wildman–Crippen LogP) is 4.06. The third kappa shape index (κ3) is 6.82. The van der Waals surface area contributed by atoms with Crippen molar-refractivity contribution in [1.29, 1.82) is 0 Å². The van der Waals surface area contributed by atoms with Gasteiger partial charge in [0.1, 0.15) is 17.5 Å².